The van der Waals surface area contributed by atoms with Crippen LogP contribution < -0.4 is 10.1 Å². The van der Waals surface area contributed by atoms with E-state index in [-0.39, 0.29) is 0 Å². The molecule has 2 aromatic rings. The summed E-state index contributed by atoms with van der Waals surface area (Å²) in [5.41, 5.74) is 2.20. The van der Waals surface area contributed by atoms with Crippen LogP contribution in [0.5, 0.6) is 11.6 Å². The Labute approximate surface area is 125 Å². The molecule has 5 heteroatoms. The summed E-state index contributed by atoms with van der Waals surface area (Å²) in [6.45, 7) is 2.78. The zero-order valence-electron chi connectivity index (χ0n) is 12.7. The van der Waals surface area contributed by atoms with Crippen LogP contribution in [0.4, 0.5) is 5.82 Å². The summed E-state index contributed by atoms with van der Waals surface area (Å²) in [6.07, 6.45) is 3.21. The van der Waals surface area contributed by atoms with Crippen LogP contribution in [-0.4, -0.2) is 30.7 Å². The highest BCUT2D eigenvalue weighted by Crippen LogP contribution is 2.27. The Morgan fingerprint density at radius 1 is 1.14 bits per heavy atom. The zero-order chi connectivity index (χ0) is 15.1. The summed E-state index contributed by atoms with van der Waals surface area (Å²) in [5.74, 6) is 2.17. The predicted octanol–water partition coefficient (Wildman–Crippen LogP) is 3.06. The lowest BCUT2D eigenvalue weighted by molar-refractivity contribution is 0.202. The predicted molar refractivity (Wildman–Crippen MR) is 83.1 cm³/mol. The number of hydrogen-bond acceptors (Lipinski definition) is 5. The van der Waals surface area contributed by atoms with Gasteiger partial charge in [-0.05, 0) is 30.5 Å². The van der Waals surface area contributed by atoms with Crippen molar-refractivity contribution in [2.45, 2.75) is 19.8 Å². The Morgan fingerprint density at radius 3 is 2.52 bits per heavy atom. The summed E-state index contributed by atoms with van der Waals surface area (Å²) < 4.78 is 11.0. The number of ether oxygens (including phenoxy) is 2. The van der Waals surface area contributed by atoms with Crippen LogP contribution >= 0.6 is 0 Å². The van der Waals surface area contributed by atoms with E-state index in [9.17, 15) is 0 Å². The molecule has 0 radical (unpaired) electrons. The van der Waals surface area contributed by atoms with Crippen molar-refractivity contribution >= 4 is 5.82 Å². The second kappa shape index (κ2) is 7.59. The molecule has 0 spiro atoms. The van der Waals surface area contributed by atoms with E-state index in [1.807, 2.05) is 31.3 Å². The molecule has 0 unspecified atom stereocenters. The smallest absolute Gasteiger partial charge is 0.227 e. The van der Waals surface area contributed by atoms with E-state index in [2.05, 4.69) is 22.2 Å². The van der Waals surface area contributed by atoms with E-state index in [0.29, 0.717) is 5.88 Å². The van der Waals surface area contributed by atoms with Gasteiger partial charge in [-0.3, -0.25) is 0 Å². The van der Waals surface area contributed by atoms with Gasteiger partial charge >= 0.3 is 0 Å². The minimum Gasteiger partial charge on any atom is -0.439 e. The van der Waals surface area contributed by atoms with E-state index >= 15 is 0 Å². The van der Waals surface area contributed by atoms with Crippen LogP contribution in [0.25, 0.3) is 0 Å². The van der Waals surface area contributed by atoms with Gasteiger partial charge in [0, 0.05) is 14.2 Å². The van der Waals surface area contributed by atoms with Crippen molar-refractivity contribution in [3.63, 3.8) is 0 Å². The van der Waals surface area contributed by atoms with E-state index in [4.69, 9.17) is 9.47 Å². The van der Waals surface area contributed by atoms with Crippen molar-refractivity contribution in [1.82, 2.24) is 9.97 Å². The fraction of sp³-hybridized carbons (Fsp3) is 0.375. The molecule has 0 aliphatic rings. The molecule has 2 rings (SSSR count). The molecule has 1 aromatic carbocycles. The fourth-order valence-corrected chi connectivity index (χ4v) is 2.07. The molecule has 0 aliphatic heterocycles. The zero-order valence-corrected chi connectivity index (χ0v) is 12.7. The van der Waals surface area contributed by atoms with E-state index < -0.39 is 0 Å². The third-order valence-corrected chi connectivity index (χ3v) is 3.23. The largest absolute Gasteiger partial charge is 0.439 e. The summed E-state index contributed by atoms with van der Waals surface area (Å²) in [6, 6.07) is 7.98. The Bertz CT molecular complexity index is 570. The summed E-state index contributed by atoms with van der Waals surface area (Å²) in [5, 5.41) is 3.06. The molecule has 0 amide bonds. The Hall–Kier alpha value is -2.14. The van der Waals surface area contributed by atoms with Gasteiger partial charge in [-0.1, -0.05) is 19.1 Å². The highest BCUT2D eigenvalue weighted by Gasteiger charge is 2.10. The van der Waals surface area contributed by atoms with E-state index in [1.165, 1.54) is 11.9 Å². The van der Waals surface area contributed by atoms with Gasteiger partial charge < -0.3 is 14.8 Å². The van der Waals surface area contributed by atoms with Gasteiger partial charge in [-0.25, -0.2) is 9.97 Å². The van der Waals surface area contributed by atoms with Crippen molar-refractivity contribution in [2.75, 3.05) is 26.1 Å². The molecule has 0 fully saturated rings. The Morgan fingerprint density at radius 2 is 1.90 bits per heavy atom. The topological polar surface area (TPSA) is 56.3 Å². The summed E-state index contributed by atoms with van der Waals surface area (Å²) in [4.78, 5) is 8.43. The van der Waals surface area contributed by atoms with Gasteiger partial charge in [0.1, 0.15) is 17.9 Å². The SMILES string of the molecule is CCc1c(NC)ncnc1Oc1ccc(CCOC)cc1. The number of nitrogens with zero attached hydrogens (tertiary/aromatic N) is 2. The number of rotatable bonds is 7. The molecule has 1 aromatic heterocycles. The highest BCUT2D eigenvalue weighted by atomic mass is 16.5. The number of anilines is 1. The maximum atomic E-state index is 5.88. The normalized spacial score (nSPS) is 10.4. The number of hydrogen-bond donors (Lipinski definition) is 1. The second-order valence-corrected chi connectivity index (χ2v) is 4.60. The number of benzene rings is 1. The number of nitrogens with one attached hydrogen (secondary N) is 1. The summed E-state index contributed by atoms with van der Waals surface area (Å²) >= 11 is 0. The van der Waals surface area contributed by atoms with Crippen LogP contribution in [0.3, 0.4) is 0 Å². The molecule has 0 atom stereocenters. The van der Waals surface area contributed by atoms with E-state index in [0.717, 1.165) is 36.6 Å². The minimum atomic E-state index is 0.599. The number of aromatic nitrogens is 2. The lowest BCUT2D eigenvalue weighted by Crippen LogP contribution is -2.02. The fourth-order valence-electron chi connectivity index (χ4n) is 2.07. The van der Waals surface area contributed by atoms with Gasteiger partial charge in [0.2, 0.25) is 5.88 Å². The molecule has 0 saturated carbocycles. The molecule has 0 bridgehead atoms. The van der Waals surface area contributed by atoms with Gasteiger partial charge in [0.15, 0.2) is 0 Å². The molecule has 0 aliphatic carbocycles. The monoisotopic (exact) mass is 287 g/mol. The van der Waals surface area contributed by atoms with Crippen LogP contribution in [-0.2, 0) is 17.6 Å². The Kier molecular flexibility index (Phi) is 5.51. The molecule has 21 heavy (non-hydrogen) atoms. The molecule has 5 nitrogen and oxygen atoms in total. The minimum absolute atomic E-state index is 0.599. The lowest BCUT2D eigenvalue weighted by Gasteiger charge is -2.12. The maximum absolute atomic E-state index is 5.88. The standard InChI is InChI=1S/C16H21N3O2/c1-4-14-15(17-2)18-11-19-16(14)21-13-7-5-12(6-8-13)9-10-20-3/h5-8,11H,4,9-10H2,1-3H3,(H,17,18,19). The van der Waals surface area contributed by atoms with Crippen LogP contribution in [0.15, 0.2) is 30.6 Å². The van der Waals surface area contributed by atoms with Crippen molar-refractivity contribution < 1.29 is 9.47 Å². The average molecular weight is 287 g/mol. The first-order valence-corrected chi connectivity index (χ1v) is 7.05. The second-order valence-electron chi connectivity index (χ2n) is 4.60. The van der Waals surface area contributed by atoms with Crippen molar-refractivity contribution in [1.29, 1.82) is 0 Å². The third-order valence-electron chi connectivity index (χ3n) is 3.23. The molecule has 1 heterocycles. The molecule has 1 N–H and O–H groups in total. The lowest BCUT2D eigenvalue weighted by atomic mass is 10.1. The van der Waals surface area contributed by atoms with Crippen LogP contribution in [0, 0.1) is 0 Å². The van der Waals surface area contributed by atoms with E-state index in [1.54, 1.807) is 7.11 Å². The molecule has 0 saturated heterocycles. The van der Waals surface area contributed by atoms with Gasteiger partial charge in [0.05, 0.1) is 12.2 Å². The first kappa shape index (κ1) is 15.3. The highest BCUT2D eigenvalue weighted by molar-refractivity contribution is 5.49. The van der Waals surface area contributed by atoms with Crippen molar-refractivity contribution in [2.24, 2.45) is 0 Å². The van der Waals surface area contributed by atoms with Gasteiger partial charge in [0.25, 0.3) is 0 Å². The van der Waals surface area contributed by atoms with Gasteiger partial charge in [-0.15, -0.1) is 0 Å². The Balaban J connectivity index is 2.14. The van der Waals surface area contributed by atoms with Gasteiger partial charge in [-0.2, -0.15) is 0 Å². The molecular formula is C16H21N3O2. The summed E-state index contributed by atoms with van der Waals surface area (Å²) in [7, 11) is 3.55. The first-order chi connectivity index (χ1) is 10.3. The quantitative estimate of drug-likeness (QED) is 0.848. The number of methoxy groups -OCH3 is 1. The first-order valence-electron chi connectivity index (χ1n) is 7.05. The average Bonchev–Trinajstić information content (AvgIpc) is 2.54. The van der Waals surface area contributed by atoms with Crippen molar-refractivity contribution in [3.8, 4) is 11.6 Å². The maximum Gasteiger partial charge on any atom is 0.227 e. The van der Waals surface area contributed by atoms with Crippen LogP contribution in [0.2, 0.25) is 0 Å². The molecule has 112 valence electrons. The van der Waals surface area contributed by atoms with Crippen LogP contribution in [0.1, 0.15) is 18.1 Å². The third kappa shape index (κ3) is 3.92. The molecular weight excluding hydrogens is 266 g/mol. The van der Waals surface area contributed by atoms with Crippen molar-refractivity contribution in [3.05, 3.63) is 41.7 Å².